The first-order chi connectivity index (χ1) is 16.0. The Morgan fingerprint density at radius 2 is 2.12 bits per heavy atom. The Kier molecular flexibility index (Phi) is 7.83. The van der Waals surface area contributed by atoms with Crippen LogP contribution >= 0.6 is 0 Å². The molecule has 0 aliphatic carbocycles. The summed E-state index contributed by atoms with van der Waals surface area (Å²) in [5, 5.41) is 2.12. The highest BCUT2D eigenvalue weighted by Gasteiger charge is 2.24. The van der Waals surface area contributed by atoms with Crippen LogP contribution < -0.4 is 10.6 Å². The number of aliphatic imine (C=N–C) groups is 1. The predicted molar refractivity (Wildman–Crippen MR) is 139 cm³/mol. The molecule has 6 nitrogen and oxygen atoms in total. The Bertz CT molecular complexity index is 1180. The molecule has 0 radical (unpaired) electrons. The first-order valence-corrected chi connectivity index (χ1v) is 11.3. The molecule has 0 saturated heterocycles. The van der Waals surface area contributed by atoms with E-state index in [2.05, 4.69) is 48.9 Å². The van der Waals surface area contributed by atoms with Gasteiger partial charge in [0, 0.05) is 44.0 Å². The number of nitrogens with one attached hydrogen (secondary N) is 1. The SMILES string of the molecule is C=C.C=Cc1cccc2c(Cc3c[nH]c4c3CCN=C4)cnc(N(C)C(CCC)C(N)=O)c12. The highest BCUT2D eigenvalue weighted by molar-refractivity contribution is 6.01. The van der Waals surface area contributed by atoms with Gasteiger partial charge in [0.2, 0.25) is 5.91 Å². The Labute approximate surface area is 195 Å². The van der Waals surface area contributed by atoms with Crippen molar-refractivity contribution in [3.05, 3.63) is 78.3 Å². The smallest absolute Gasteiger partial charge is 0.240 e. The van der Waals surface area contributed by atoms with Crippen molar-refractivity contribution >= 4 is 34.8 Å². The number of H-pyrrole nitrogens is 1. The van der Waals surface area contributed by atoms with E-state index in [1.54, 1.807) is 0 Å². The van der Waals surface area contributed by atoms with Crippen LogP contribution in [0, 0.1) is 0 Å². The minimum atomic E-state index is -0.402. The Hall–Kier alpha value is -3.67. The van der Waals surface area contributed by atoms with E-state index in [0.717, 1.165) is 59.2 Å². The molecule has 4 rings (SSSR count). The van der Waals surface area contributed by atoms with Crippen molar-refractivity contribution in [3.8, 4) is 0 Å². The van der Waals surface area contributed by atoms with Gasteiger partial charge < -0.3 is 15.6 Å². The number of aromatic nitrogens is 2. The number of aromatic amines is 1. The van der Waals surface area contributed by atoms with Crippen LogP contribution in [-0.2, 0) is 17.6 Å². The van der Waals surface area contributed by atoms with Crippen LogP contribution in [0.2, 0.25) is 0 Å². The molecule has 3 aromatic rings. The summed E-state index contributed by atoms with van der Waals surface area (Å²) in [6.45, 7) is 12.9. The highest BCUT2D eigenvalue weighted by atomic mass is 16.1. The third-order valence-electron chi connectivity index (χ3n) is 6.13. The molecule has 0 fully saturated rings. The number of amides is 1. The van der Waals surface area contributed by atoms with Crippen LogP contribution in [0.25, 0.3) is 16.8 Å². The second-order valence-electron chi connectivity index (χ2n) is 8.07. The number of pyridine rings is 1. The zero-order valence-corrected chi connectivity index (χ0v) is 19.6. The van der Waals surface area contributed by atoms with Gasteiger partial charge in [-0.15, -0.1) is 13.2 Å². The zero-order valence-electron chi connectivity index (χ0n) is 19.6. The minimum Gasteiger partial charge on any atom is -0.368 e. The Balaban J connectivity index is 0.00000149. The topological polar surface area (TPSA) is 87.4 Å². The van der Waals surface area contributed by atoms with E-state index in [1.165, 1.54) is 11.1 Å². The standard InChI is InChI=1S/C25H29N5O.C2H4/c1-4-7-22(24(26)31)30(3)25-23-16(5-2)8-6-9-20(23)18(14-29-25)12-17-13-28-21-15-27-11-10-19(17)21;1-2/h5-6,8-9,13-15,22,28H,2,4,7,10-12H2,1,3H3,(H2,26,31);1-2H2. The van der Waals surface area contributed by atoms with Crippen LogP contribution in [0.15, 0.2) is 55.3 Å². The number of hydrogen-bond acceptors (Lipinski definition) is 4. The van der Waals surface area contributed by atoms with Crippen molar-refractivity contribution in [2.75, 3.05) is 18.5 Å². The fraction of sp³-hybridized carbons (Fsp3) is 0.296. The van der Waals surface area contributed by atoms with Gasteiger partial charge in [-0.1, -0.05) is 44.2 Å². The molecule has 1 amide bonds. The summed E-state index contributed by atoms with van der Waals surface area (Å²) in [5.41, 5.74) is 11.6. The van der Waals surface area contributed by atoms with Gasteiger partial charge in [-0.2, -0.15) is 0 Å². The van der Waals surface area contributed by atoms with Crippen LogP contribution in [0.1, 0.15) is 47.7 Å². The highest BCUT2D eigenvalue weighted by Crippen LogP contribution is 2.33. The molecular weight excluding hydrogens is 410 g/mol. The van der Waals surface area contributed by atoms with Gasteiger partial charge in [0.25, 0.3) is 0 Å². The number of nitrogens with zero attached hydrogens (tertiary/aromatic N) is 3. The fourth-order valence-electron chi connectivity index (χ4n) is 4.50. The molecule has 33 heavy (non-hydrogen) atoms. The second kappa shape index (κ2) is 10.8. The van der Waals surface area contributed by atoms with Gasteiger partial charge >= 0.3 is 0 Å². The Morgan fingerprint density at radius 1 is 1.33 bits per heavy atom. The van der Waals surface area contributed by atoms with Crippen molar-refractivity contribution in [2.45, 2.75) is 38.6 Å². The molecule has 1 atom stereocenters. The Morgan fingerprint density at radius 3 is 2.82 bits per heavy atom. The lowest BCUT2D eigenvalue weighted by Gasteiger charge is -2.28. The molecule has 0 bridgehead atoms. The number of carbonyl (C=O) groups excluding carboxylic acids is 1. The molecule has 1 aliphatic rings. The summed E-state index contributed by atoms with van der Waals surface area (Å²) in [4.78, 5) is 26.6. The van der Waals surface area contributed by atoms with E-state index in [9.17, 15) is 4.79 Å². The lowest BCUT2D eigenvalue weighted by Crippen LogP contribution is -2.43. The summed E-state index contributed by atoms with van der Waals surface area (Å²) < 4.78 is 0. The molecule has 3 N–H and O–H groups in total. The molecule has 3 heterocycles. The number of likely N-dealkylation sites (N-methyl/N-ethyl adjacent to an activating group) is 1. The second-order valence-corrected chi connectivity index (χ2v) is 8.07. The van der Waals surface area contributed by atoms with Gasteiger partial charge in [-0.3, -0.25) is 9.79 Å². The average molecular weight is 444 g/mol. The van der Waals surface area contributed by atoms with E-state index in [1.807, 2.05) is 42.6 Å². The molecule has 1 aliphatic heterocycles. The normalized spacial score (nSPS) is 13.0. The van der Waals surface area contributed by atoms with Gasteiger partial charge in [-0.25, -0.2) is 4.98 Å². The maximum Gasteiger partial charge on any atom is 0.240 e. The van der Waals surface area contributed by atoms with Crippen LogP contribution in [-0.4, -0.2) is 41.7 Å². The first-order valence-electron chi connectivity index (χ1n) is 11.3. The summed E-state index contributed by atoms with van der Waals surface area (Å²) >= 11 is 0. The lowest BCUT2D eigenvalue weighted by atomic mass is 9.95. The van der Waals surface area contributed by atoms with Gasteiger partial charge in [0.15, 0.2) is 0 Å². The number of primary amides is 1. The molecule has 1 aromatic carbocycles. The summed E-state index contributed by atoms with van der Waals surface area (Å²) in [6, 6.07) is 5.80. The molecule has 1 unspecified atom stereocenters. The van der Waals surface area contributed by atoms with Gasteiger partial charge in [0.1, 0.15) is 11.9 Å². The molecular formula is C27H33N5O. The average Bonchev–Trinajstić information content (AvgIpc) is 3.26. The fourth-order valence-corrected chi connectivity index (χ4v) is 4.50. The van der Waals surface area contributed by atoms with Gasteiger partial charge in [0.05, 0.1) is 5.69 Å². The van der Waals surface area contributed by atoms with Crippen molar-refractivity contribution in [2.24, 2.45) is 10.7 Å². The molecule has 172 valence electrons. The molecule has 2 aromatic heterocycles. The van der Waals surface area contributed by atoms with Crippen LogP contribution in [0.3, 0.4) is 0 Å². The summed E-state index contributed by atoms with van der Waals surface area (Å²) in [7, 11) is 1.90. The van der Waals surface area contributed by atoms with E-state index in [0.29, 0.717) is 6.42 Å². The van der Waals surface area contributed by atoms with Crippen LogP contribution in [0.4, 0.5) is 5.82 Å². The van der Waals surface area contributed by atoms with Crippen LogP contribution in [0.5, 0.6) is 0 Å². The maximum atomic E-state index is 12.1. The van der Waals surface area contributed by atoms with E-state index in [-0.39, 0.29) is 5.91 Å². The van der Waals surface area contributed by atoms with E-state index < -0.39 is 6.04 Å². The summed E-state index contributed by atoms with van der Waals surface area (Å²) in [5.74, 6) is 0.426. The number of nitrogens with two attached hydrogens (primary N) is 1. The molecule has 0 spiro atoms. The number of benzene rings is 1. The van der Waals surface area contributed by atoms with Crippen molar-refractivity contribution in [3.63, 3.8) is 0 Å². The quantitative estimate of drug-likeness (QED) is 0.496. The molecule has 6 heteroatoms. The number of carbonyl (C=O) groups is 1. The van der Waals surface area contributed by atoms with Crippen molar-refractivity contribution in [1.82, 2.24) is 9.97 Å². The summed E-state index contributed by atoms with van der Waals surface area (Å²) in [6.07, 6.45) is 11.1. The van der Waals surface area contributed by atoms with Gasteiger partial charge in [-0.05, 0) is 40.5 Å². The molecule has 0 saturated carbocycles. The third-order valence-corrected chi connectivity index (χ3v) is 6.13. The van der Waals surface area contributed by atoms with E-state index >= 15 is 0 Å². The zero-order chi connectivity index (χ0) is 24.0. The number of hydrogen-bond donors (Lipinski definition) is 2. The maximum absolute atomic E-state index is 12.1. The van der Waals surface area contributed by atoms with E-state index in [4.69, 9.17) is 10.7 Å². The third kappa shape index (κ3) is 4.75. The first kappa shape index (κ1) is 24.0. The minimum absolute atomic E-state index is 0.333. The predicted octanol–water partition coefficient (Wildman–Crippen LogP) is 4.66. The number of fused-ring (bicyclic) bond motifs is 2. The van der Waals surface area contributed by atoms with Crippen molar-refractivity contribution < 1.29 is 4.79 Å². The number of anilines is 1. The van der Waals surface area contributed by atoms with Crippen molar-refractivity contribution in [1.29, 1.82) is 0 Å². The lowest BCUT2D eigenvalue weighted by molar-refractivity contribution is -0.119. The monoisotopic (exact) mass is 443 g/mol. The largest absolute Gasteiger partial charge is 0.368 e. The number of rotatable bonds is 8.